The lowest BCUT2D eigenvalue weighted by Gasteiger charge is -2.20. The van der Waals surface area contributed by atoms with E-state index in [1.54, 1.807) is 14.2 Å². The van der Waals surface area contributed by atoms with E-state index in [9.17, 15) is 0 Å². The highest BCUT2D eigenvalue weighted by molar-refractivity contribution is 14.1. The first kappa shape index (κ1) is 20.7. The minimum atomic E-state index is 0.861. The molecule has 4 aromatic carbocycles. The normalized spacial score (nSPS) is 11.2. The van der Waals surface area contributed by atoms with Gasteiger partial charge < -0.3 is 9.47 Å². The summed E-state index contributed by atoms with van der Waals surface area (Å²) in [6, 6.07) is 17.0. The Morgan fingerprint density at radius 3 is 1.39 bits per heavy atom. The molecule has 0 aromatic heterocycles. The summed E-state index contributed by atoms with van der Waals surface area (Å²) < 4.78 is 16.0. The second kappa shape index (κ2) is 8.28. The van der Waals surface area contributed by atoms with Gasteiger partial charge in [-0.2, -0.15) is 0 Å². The molecule has 0 saturated carbocycles. The van der Waals surface area contributed by atoms with E-state index in [1.807, 2.05) is 0 Å². The summed E-state index contributed by atoms with van der Waals surface area (Å²) in [6.07, 6.45) is 0. The molecule has 0 atom stereocenters. The molecule has 0 aliphatic rings. The molecule has 0 bridgehead atoms. The molecule has 6 heteroatoms. The van der Waals surface area contributed by atoms with E-state index in [2.05, 4.69) is 126 Å². The van der Waals surface area contributed by atoms with Gasteiger partial charge in [0.1, 0.15) is 11.5 Å². The molecule has 142 valence electrons. The van der Waals surface area contributed by atoms with E-state index < -0.39 is 0 Å². The summed E-state index contributed by atoms with van der Waals surface area (Å²) in [5.41, 5.74) is 2.11. The maximum Gasteiger partial charge on any atom is 0.140 e. The van der Waals surface area contributed by atoms with Crippen molar-refractivity contribution in [1.82, 2.24) is 0 Å². The van der Waals surface area contributed by atoms with Gasteiger partial charge in [-0.05, 0) is 103 Å². The zero-order chi connectivity index (χ0) is 20.0. The van der Waals surface area contributed by atoms with E-state index in [4.69, 9.17) is 9.47 Å². The lowest BCUT2D eigenvalue weighted by molar-refractivity contribution is 0.408. The van der Waals surface area contributed by atoms with Crippen LogP contribution in [0.25, 0.3) is 32.7 Å². The largest absolute Gasteiger partial charge is 0.495 e. The van der Waals surface area contributed by atoms with Crippen molar-refractivity contribution in [3.05, 3.63) is 64.6 Å². The number of benzene rings is 4. The third-order valence-corrected chi connectivity index (χ3v) is 7.27. The van der Waals surface area contributed by atoms with Gasteiger partial charge in [-0.25, -0.2) is 0 Å². The smallest absolute Gasteiger partial charge is 0.140 e. The van der Waals surface area contributed by atoms with Crippen LogP contribution in [0, 0.1) is 7.14 Å². The Kier molecular flexibility index (Phi) is 6.11. The molecule has 0 N–H and O–H groups in total. The van der Waals surface area contributed by atoms with Crippen LogP contribution in [0.2, 0.25) is 0 Å². The van der Waals surface area contributed by atoms with Crippen molar-refractivity contribution in [3.8, 4) is 22.6 Å². The molecular weight excluding hydrogens is 710 g/mol. The number of ether oxygens (including phenoxy) is 2. The monoisotopic (exact) mass is 722 g/mol. The molecule has 28 heavy (non-hydrogen) atoms. The summed E-state index contributed by atoms with van der Waals surface area (Å²) in [5.74, 6) is 1.72. The van der Waals surface area contributed by atoms with Gasteiger partial charge >= 0.3 is 0 Å². The Labute approximate surface area is 207 Å². The molecule has 0 aliphatic carbocycles. The van der Waals surface area contributed by atoms with Crippen molar-refractivity contribution < 1.29 is 9.47 Å². The molecule has 0 amide bonds. The molecule has 4 rings (SSSR count). The SMILES string of the molecule is COc1c(I)cc2cc(Br)ccc2c1-c1c(OC)c(I)cc2cc(Br)ccc12. The second-order valence-electron chi connectivity index (χ2n) is 6.26. The van der Waals surface area contributed by atoms with Crippen LogP contribution in [-0.4, -0.2) is 14.2 Å². The van der Waals surface area contributed by atoms with E-state index in [0.29, 0.717) is 0 Å². The van der Waals surface area contributed by atoms with E-state index in [1.165, 1.54) is 0 Å². The predicted molar refractivity (Wildman–Crippen MR) is 141 cm³/mol. The lowest BCUT2D eigenvalue weighted by atomic mass is 9.92. The molecule has 0 aliphatic heterocycles. The van der Waals surface area contributed by atoms with Crippen LogP contribution in [0.5, 0.6) is 11.5 Å². The number of methoxy groups -OCH3 is 2. The highest BCUT2D eigenvalue weighted by atomic mass is 127. The van der Waals surface area contributed by atoms with Crippen molar-refractivity contribution >= 4 is 98.6 Å². The zero-order valence-electron chi connectivity index (χ0n) is 14.9. The van der Waals surface area contributed by atoms with Crippen molar-refractivity contribution in [2.24, 2.45) is 0 Å². The Morgan fingerprint density at radius 2 is 1.04 bits per heavy atom. The van der Waals surface area contributed by atoms with Gasteiger partial charge in [0.2, 0.25) is 0 Å². The summed E-state index contributed by atoms with van der Waals surface area (Å²) in [5, 5.41) is 4.57. The number of halogens is 4. The van der Waals surface area contributed by atoms with E-state index in [-0.39, 0.29) is 0 Å². The van der Waals surface area contributed by atoms with Crippen molar-refractivity contribution in [2.75, 3.05) is 14.2 Å². The van der Waals surface area contributed by atoms with Crippen molar-refractivity contribution in [3.63, 3.8) is 0 Å². The van der Waals surface area contributed by atoms with Crippen LogP contribution < -0.4 is 9.47 Å². The van der Waals surface area contributed by atoms with Crippen molar-refractivity contribution in [1.29, 1.82) is 0 Å². The van der Waals surface area contributed by atoms with Crippen LogP contribution in [-0.2, 0) is 0 Å². The Hall–Kier alpha value is -0.580. The molecule has 0 radical (unpaired) electrons. The number of rotatable bonds is 3. The lowest BCUT2D eigenvalue weighted by Crippen LogP contribution is -1.98. The third-order valence-electron chi connectivity index (χ3n) is 4.68. The summed E-state index contributed by atoms with van der Waals surface area (Å²) in [6.45, 7) is 0. The summed E-state index contributed by atoms with van der Waals surface area (Å²) >= 11 is 11.9. The van der Waals surface area contributed by atoms with Gasteiger partial charge in [-0.1, -0.05) is 44.0 Å². The second-order valence-corrected chi connectivity index (χ2v) is 10.4. The van der Waals surface area contributed by atoms with Gasteiger partial charge in [0.25, 0.3) is 0 Å². The first-order valence-electron chi connectivity index (χ1n) is 8.36. The molecule has 0 fully saturated rings. The first-order valence-corrected chi connectivity index (χ1v) is 12.1. The number of hydrogen-bond acceptors (Lipinski definition) is 2. The fourth-order valence-electron chi connectivity index (χ4n) is 3.54. The molecule has 0 unspecified atom stereocenters. The summed E-state index contributed by atoms with van der Waals surface area (Å²) in [7, 11) is 3.45. The quantitative estimate of drug-likeness (QED) is 0.198. The average Bonchev–Trinajstić information content (AvgIpc) is 2.65. The Bertz CT molecular complexity index is 1140. The van der Waals surface area contributed by atoms with Crippen LogP contribution in [0.1, 0.15) is 0 Å². The molecule has 0 heterocycles. The summed E-state index contributed by atoms with van der Waals surface area (Å²) in [4.78, 5) is 0. The van der Waals surface area contributed by atoms with Gasteiger partial charge in [-0.3, -0.25) is 0 Å². The molecule has 0 saturated heterocycles. The van der Waals surface area contributed by atoms with Gasteiger partial charge in [-0.15, -0.1) is 0 Å². The van der Waals surface area contributed by atoms with Crippen LogP contribution >= 0.6 is 77.0 Å². The van der Waals surface area contributed by atoms with Gasteiger partial charge in [0.05, 0.1) is 21.4 Å². The minimum Gasteiger partial charge on any atom is -0.495 e. The molecule has 2 nitrogen and oxygen atoms in total. The highest BCUT2D eigenvalue weighted by Gasteiger charge is 2.22. The Balaban J connectivity index is 2.26. The fraction of sp³-hybridized carbons (Fsp3) is 0.0909. The van der Waals surface area contributed by atoms with E-state index in [0.717, 1.165) is 60.3 Å². The maximum atomic E-state index is 5.89. The molecule has 4 aromatic rings. The number of fused-ring (bicyclic) bond motifs is 2. The zero-order valence-corrected chi connectivity index (χ0v) is 22.4. The van der Waals surface area contributed by atoms with Crippen LogP contribution in [0.15, 0.2) is 57.5 Å². The van der Waals surface area contributed by atoms with Gasteiger partial charge in [0, 0.05) is 20.1 Å². The van der Waals surface area contributed by atoms with Crippen LogP contribution in [0.4, 0.5) is 0 Å². The van der Waals surface area contributed by atoms with Crippen LogP contribution in [0.3, 0.4) is 0 Å². The maximum absolute atomic E-state index is 5.89. The minimum absolute atomic E-state index is 0.861. The van der Waals surface area contributed by atoms with E-state index >= 15 is 0 Å². The standard InChI is InChI=1S/C22H14Br2I2O2/c1-27-21-17(25)9-11-7-13(23)3-5-15(11)19(21)20-16-6-4-14(24)8-12(16)10-18(26)22(20)28-2/h3-10H,1-2H3. The highest BCUT2D eigenvalue weighted by Crippen LogP contribution is 2.49. The molecule has 0 spiro atoms. The predicted octanol–water partition coefficient (Wildman–Crippen LogP) is 8.41. The average molecular weight is 724 g/mol. The molecular formula is C22H14Br2I2O2. The third kappa shape index (κ3) is 3.54. The van der Waals surface area contributed by atoms with Gasteiger partial charge in [0.15, 0.2) is 0 Å². The van der Waals surface area contributed by atoms with Crippen molar-refractivity contribution in [2.45, 2.75) is 0 Å². The Morgan fingerprint density at radius 1 is 0.643 bits per heavy atom. The first-order chi connectivity index (χ1) is 13.4. The topological polar surface area (TPSA) is 18.5 Å². The number of hydrogen-bond donors (Lipinski definition) is 0. The fourth-order valence-corrected chi connectivity index (χ4v) is 5.95.